The lowest BCUT2D eigenvalue weighted by Gasteiger charge is -2.41. The van der Waals surface area contributed by atoms with Crippen molar-refractivity contribution >= 4 is 16.1 Å². The van der Waals surface area contributed by atoms with Gasteiger partial charge in [0.25, 0.3) is 0 Å². The maximum absolute atomic E-state index is 2.85. The molecule has 0 aliphatic carbocycles. The fourth-order valence-electron chi connectivity index (χ4n) is 1.84. The number of hydrogen-bond donors (Lipinski definition) is 0. The molecule has 1 rings (SSSR count). The molecule has 0 unspecified atom stereocenters. The van der Waals surface area contributed by atoms with Crippen molar-refractivity contribution in [1.82, 2.24) is 4.57 Å². The average molecular weight is 201 g/mol. The van der Waals surface area contributed by atoms with Crippen molar-refractivity contribution in [3.05, 3.63) is 0 Å². The molecular formula is C9H23NSi2. The van der Waals surface area contributed by atoms with Crippen LogP contribution >= 0.6 is 0 Å². The third-order valence-electron chi connectivity index (χ3n) is 3.58. The summed E-state index contributed by atoms with van der Waals surface area (Å²) in [5.74, 6) is 0. The van der Waals surface area contributed by atoms with E-state index in [1.54, 1.807) is 0 Å². The lowest BCUT2D eigenvalue weighted by atomic mass is 10.2. The summed E-state index contributed by atoms with van der Waals surface area (Å²) in [5, 5.41) is 0. The summed E-state index contributed by atoms with van der Waals surface area (Å²) in [6, 6.07) is 0. The largest absolute Gasteiger partial charge is 0.326 e. The number of rotatable bonds is 2. The van der Waals surface area contributed by atoms with Crippen LogP contribution in [0, 0.1) is 0 Å². The topological polar surface area (TPSA) is 3.24 Å². The maximum atomic E-state index is 2.85. The Bertz CT molecular complexity index is 139. The molecule has 12 heavy (non-hydrogen) atoms. The molecule has 3 heteroatoms. The van der Waals surface area contributed by atoms with E-state index in [9.17, 15) is 0 Å². The van der Waals surface area contributed by atoms with Crippen LogP contribution in [0.5, 0.6) is 0 Å². The zero-order chi connectivity index (χ0) is 9.19. The lowest BCUT2D eigenvalue weighted by molar-refractivity contribution is 0.350. The monoisotopic (exact) mass is 201 g/mol. The Morgan fingerprint density at radius 1 is 1.00 bits per heavy atom. The van der Waals surface area contributed by atoms with E-state index in [1.165, 1.54) is 32.4 Å². The molecule has 0 aromatic carbocycles. The molecule has 72 valence electrons. The highest BCUT2D eigenvalue weighted by Gasteiger charge is 2.33. The predicted octanol–water partition coefficient (Wildman–Crippen LogP) is 2.24. The summed E-state index contributed by atoms with van der Waals surface area (Å²) >= 11 is 0. The summed E-state index contributed by atoms with van der Waals surface area (Å²) < 4.78 is 2.85. The Labute approximate surface area is 79.6 Å². The predicted molar refractivity (Wildman–Crippen MR) is 61.8 cm³/mol. The van der Waals surface area contributed by atoms with Crippen molar-refractivity contribution in [2.45, 2.75) is 45.5 Å². The van der Waals surface area contributed by atoms with Crippen molar-refractivity contribution in [1.29, 1.82) is 0 Å². The molecule has 0 spiro atoms. The molecule has 1 fully saturated rings. The summed E-state index contributed by atoms with van der Waals surface area (Å²) in [5.41, 5.74) is 0. The summed E-state index contributed by atoms with van der Waals surface area (Å²) in [6.07, 6.45) is 4.38. The summed E-state index contributed by atoms with van der Waals surface area (Å²) in [6.45, 7) is 13.0. The van der Waals surface area contributed by atoms with Crippen LogP contribution in [0.4, 0.5) is 0 Å². The standard InChI is InChI=1S/C9H23NSi2/c1-11(2)12(3,4)10-8-6-5-7-9-10/h11H,5-9H2,1-4H3. The molecule has 1 saturated heterocycles. The fourth-order valence-corrected chi connectivity index (χ4v) is 7.00. The van der Waals surface area contributed by atoms with Crippen LogP contribution in [0.1, 0.15) is 19.3 Å². The van der Waals surface area contributed by atoms with Gasteiger partial charge in [0, 0.05) is 8.31 Å². The third kappa shape index (κ3) is 2.21. The number of piperidine rings is 1. The van der Waals surface area contributed by atoms with Crippen molar-refractivity contribution in [2.24, 2.45) is 0 Å². The molecule has 1 heterocycles. The Hall–Kier alpha value is 0.394. The van der Waals surface area contributed by atoms with E-state index in [2.05, 4.69) is 30.8 Å². The van der Waals surface area contributed by atoms with Gasteiger partial charge >= 0.3 is 0 Å². The molecule has 1 aliphatic rings. The van der Waals surface area contributed by atoms with Gasteiger partial charge < -0.3 is 4.57 Å². The smallest absolute Gasteiger partial charge is 0.108 e. The first-order valence-corrected chi connectivity index (χ1v) is 12.4. The molecule has 0 bridgehead atoms. The quantitative estimate of drug-likeness (QED) is 0.620. The van der Waals surface area contributed by atoms with Crippen molar-refractivity contribution in [3.63, 3.8) is 0 Å². The Morgan fingerprint density at radius 3 is 1.92 bits per heavy atom. The minimum atomic E-state index is -0.908. The first-order chi connectivity index (χ1) is 5.55. The Morgan fingerprint density at radius 2 is 1.50 bits per heavy atom. The zero-order valence-electron chi connectivity index (χ0n) is 9.06. The van der Waals surface area contributed by atoms with Crippen LogP contribution in [0.25, 0.3) is 0 Å². The van der Waals surface area contributed by atoms with Gasteiger partial charge in [0.15, 0.2) is 0 Å². The molecule has 1 nitrogen and oxygen atoms in total. The van der Waals surface area contributed by atoms with Gasteiger partial charge in [-0.05, 0) is 25.9 Å². The van der Waals surface area contributed by atoms with E-state index < -0.39 is 7.75 Å². The van der Waals surface area contributed by atoms with Gasteiger partial charge in [-0.15, -0.1) is 0 Å². The molecule has 0 saturated carbocycles. The molecular weight excluding hydrogens is 178 g/mol. The molecule has 0 amide bonds. The van der Waals surface area contributed by atoms with Crippen LogP contribution in [0.2, 0.25) is 26.2 Å². The van der Waals surface area contributed by atoms with Crippen LogP contribution < -0.4 is 0 Å². The Balaban J connectivity index is 2.53. The second-order valence-corrected chi connectivity index (χ2v) is 18.8. The normalized spacial score (nSPS) is 21.8. The van der Waals surface area contributed by atoms with Gasteiger partial charge in [0.05, 0.1) is 0 Å². The van der Waals surface area contributed by atoms with Gasteiger partial charge in [-0.2, -0.15) is 0 Å². The minimum absolute atomic E-state index is 0.388. The SMILES string of the molecule is C[SiH](C)[Si](C)(C)N1CCCCC1. The Kier molecular flexibility index (Phi) is 3.55. The first-order valence-electron chi connectivity index (χ1n) is 5.30. The van der Waals surface area contributed by atoms with E-state index >= 15 is 0 Å². The highest BCUT2D eigenvalue weighted by atomic mass is 29.2. The van der Waals surface area contributed by atoms with Crippen molar-refractivity contribution in [3.8, 4) is 0 Å². The second kappa shape index (κ2) is 4.07. The molecule has 0 aromatic rings. The van der Waals surface area contributed by atoms with Gasteiger partial charge in [0.1, 0.15) is 7.75 Å². The van der Waals surface area contributed by atoms with Gasteiger partial charge in [0.2, 0.25) is 0 Å². The molecule has 0 radical (unpaired) electrons. The highest BCUT2D eigenvalue weighted by Crippen LogP contribution is 2.19. The molecule has 0 aromatic heterocycles. The van der Waals surface area contributed by atoms with E-state index in [0.717, 1.165) is 0 Å². The van der Waals surface area contributed by atoms with Crippen LogP contribution in [0.15, 0.2) is 0 Å². The van der Waals surface area contributed by atoms with Gasteiger partial charge in [-0.1, -0.05) is 32.6 Å². The molecule has 0 atom stereocenters. The lowest BCUT2D eigenvalue weighted by Crippen LogP contribution is -2.59. The summed E-state index contributed by atoms with van der Waals surface area (Å²) in [7, 11) is -1.30. The van der Waals surface area contributed by atoms with Gasteiger partial charge in [-0.3, -0.25) is 0 Å². The third-order valence-corrected chi connectivity index (χ3v) is 18.1. The summed E-state index contributed by atoms with van der Waals surface area (Å²) in [4.78, 5) is 0. The van der Waals surface area contributed by atoms with Crippen LogP contribution in [0.3, 0.4) is 0 Å². The van der Waals surface area contributed by atoms with E-state index in [0.29, 0.717) is 0 Å². The number of nitrogens with zero attached hydrogens (tertiary/aromatic N) is 1. The molecule has 0 N–H and O–H groups in total. The fraction of sp³-hybridized carbons (Fsp3) is 1.00. The van der Waals surface area contributed by atoms with E-state index in [1.807, 2.05) is 0 Å². The van der Waals surface area contributed by atoms with Crippen LogP contribution in [-0.2, 0) is 0 Å². The van der Waals surface area contributed by atoms with E-state index in [4.69, 9.17) is 0 Å². The average Bonchev–Trinajstić information content (AvgIpc) is 2.06. The first kappa shape index (κ1) is 10.5. The van der Waals surface area contributed by atoms with E-state index in [-0.39, 0.29) is 8.31 Å². The molecule has 1 aliphatic heterocycles. The maximum Gasteiger partial charge on any atom is 0.108 e. The number of hydrogen-bond acceptors (Lipinski definition) is 1. The van der Waals surface area contributed by atoms with Crippen molar-refractivity contribution < 1.29 is 0 Å². The minimum Gasteiger partial charge on any atom is -0.326 e. The van der Waals surface area contributed by atoms with Gasteiger partial charge in [-0.25, -0.2) is 0 Å². The van der Waals surface area contributed by atoms with Crippen molar-refractivity contribution in [2.75, 3.05) is 13.1 Å². The zero-order valence-corrected chi connectivity index (χ0v) is 11.2. The second-order valence-electron chi connectivity index (χ2n) is 4.86. The van der Waals surface area contributed by atoms with Crippen LogP contribution in [-0.4, -0.2) is 33.7 Å². The highest BCUT2D eigenvalue weighted by molar-refractivity contribution is 7.30.